The smallest absolute Gasteiger partial charge is 0.115 e. The summed E-state index contributed by atoms with van der Waals surface area (Å²) in [4.78, 5) is 7.99. The van der Waals surface area contributed by atoms with E-state index >= 15 is 0 Å². The third-order valence-corrected chi connectivity index (χ3v) is 1.80. The van der Waals surface area contributed by atoms with Crippen LogP contribution in [0.15, 0.2) is 36.3 Å². The Kier molecular flexibility index (Phi) is 2.96. The number of thioether (sulfide) groups is 1. The summed E-state index contributed by atoms with van der Waals surface area (Å²) in [7, 11) is 0. The molecule has 0 spiro atoms. The molecule has 52 valence electrons. The van der Waals surface area contributed by atoms with Crippen molar-refractivity contribution in [2.75, 3.05) is 5.75 Å². The van der Waals surface area contributed by atoms with E-state index in [2.05, 4.69) is 16.5 Å². The predicted molar refractivity (Wildman–Crippen MR) is 43.0 cm³/mol. The van der Waals surface area contributed by atoms with Gasteiger partial charge in [0.2, 0.25) is 0 Å². The summed E-state index contributed by atoms with van der Waals surface area (Å²) >= 11 is 1.63. The second-order valence-corrected chi connectivity index (χ2v) is 2.68. The van der Waals surface area contributed by atoms with Crippen molar-refractivity contribution >= 4 is 11.8 Å². The van der Waals surface area contributed by atoms with Crippen LogP contribution in [0.25, 0.3) is 0 Å². The predicted octanol–water partition coefficient (Wildman–Crippen LogP) is 1.75. The van der Waals surface area contributed by atoms with Gasteiger partial charge < -0.3 is 0 Å². The van der Waals surface area contributed by atoms with Crippen LogP contribution in [0.4, 0.5) is 0 Å². The van der Waals surface area contributed by atoms with Crippen LogP contribution in [-0.2, 0) is 0 Å². The third kappa shape index (κ3) is 2.19. The topological polar surface area (TPSA) is 25.8 Å². The normalized spacial score (nSPS) is 9.20. The van der Waals surface area contributed by atoms with Crippen molar-refractivity contribution in [2.24, 2.45) is 0 Å². The lowest BCUT2D eigenvalue weighted by Gasteiger charge is -1.92. The summed E-state index contributed by atoms with van der Waals surface area (Å²) in [6.45, 7) is 3.61. The van der Waals surface area contributed by atoms with Gasteiger partial charge in [0, 0.05) is 18.1 Å². The molecule has 0 saturated carbocycles. The van der Waals surface area contributed by atoms with Gasteiger partial charge in [0.1, 0.15) is 5.03 Å². The van der Waals surface area contributed by atoms with Crippen LogP contribution in [0.3, 0.4) is 0 Å². The quantitative estimate of drug-likeness (QED) is 0.487. The zero-order valence-electron chi connectivity index (χ0n) is 5.53. The van der Waals surface area contributed by atoms with Crippen LogP contribution >= 0.6 is 11.8 Å². The molecule has 0 aromatic carbocycles. The Labute approximate surface area is 64.4 Å². The van der Waals surface area contributed by atoms with E-state index in [9.17, 15) is 0 Å². The highest BCUT2D eigenvalue weighted by Gasteiger charge is 1.89. The van der Waals surface area contributed by atoms with Gasteiger partial charge in [-0.05, 0) is 0 Å². The van der Waals surface area contributed by atoms with Gasteiger partial charge in [0.25, 0.3) is 0 Å². The van der Waals surface area contributed by atoms with Gasteiger partial charge in [-0.25, -0.2) is 4.98 Å². The summed E-state index contributed by atoms with van der Waals surface area (Å²) in [5.41, 5.74) is 0. The molecule has 3 heteroatoms. The van der Waals surface area contributed by atoms with Crippen molar-refractivity contribution in [1.82, 2.24) is 9.97 Å². The summed E-state index contributed by atoms with van der Waals surface area (Å²) in [5, 5.41) is 0.947. The number of hydrogen-bond donors (Lipinski definition) is 0. The van der Waals surface area contributed by atoms with E-state index in [4.69, 9.17) is 0 Å². The molecule has 0 aliphatic carbocycles. The van der Waals surface area contributed by atoms with Crippen LogP contribution in [0.5, 0.6) is 0 Å². The van der Waals surface area contributed by atoms with Gasteiger partial charge in [-0.2, -0.15) is 0 Å². The van der Waals surface area contributed by atoms with Crippen LogP contribution in [-0.4, -0.2) is 15.7 Å². The monoisotopic (exact) mass is 152 g/mol. The lowest BCUT2D eigenvalue weighted by atomic mass is 10.8. The van der Waals surface area contributed by atoms with E-state index in [0.29, 0.717) is 0 Å². The molecule has 1 heterocycles. The lowest BCUT2D eigenvalue weighted by Crippen LogP contribution is -1.80. The van der Waals surface area contributed by atoms with Crippen molar-refractivity contribution in [2.45, 2.75) is 5.03 Å². The zero-order valence-corrected chi connectivity index (χ0v) is 6.34. The minimum absolute atomic E-state index is 0.888. The summed E-state index contributed by atoms with van der Waals surface area (Å²) < 4.78 is 0. The minimum Gasteiger partial charge on any atom is -0.260 e. The van der Waals surface area contributed by atoms with Crippen LogP contribution in [0.2, 0.25) is 0 Å². The van der Waals surface area contributed by atoms with E-state index in [1.54, 1.807) is 30.4 Å². The Morgan fingerprint density at radius 1 is 1.60 bits per heavy atom. The van der Waals surface area contributed by atoms with Crippen molar-refractivity contribution < 1.29 is 0 Å². The molecule has 0 aliphatic rings. The molecule has 1 rings (SSSR count). The van der Waals surface area contributed by atoms with Gasteiger partial charge in [0.15, 0.2) is 0 Å². The Bertz CT molecular complexity index is 198. The Morgan fingerprint density at radius 3 is 3.10 bits per heavy atom. The van der Waals surface area contributed by atoms with E-state index in [1.165, 1.54) is 0 Å². The van der Waals surface area contributed by atoms with Crippen molar-refractivity contribution in [1.29, 1.82) is 0 Å². The molecule has 0 radical (unpaired) electrons. The molecule has 10 heavy (non-hydrogen) atoms. The van der Waals surface area contributed by atoms with E-state index < -0.39 is 0 Å². The lowest BCUT2D eigenvalue weighted by molar-refractivity contribution is 1.06. The molecule has 1 aromatic rings. The first-order valence-electron chi connectivity index (χ1n) is 2.93. The maximum Gasteiger partial charge on any atom is 0.115 e. The molecule has 0 N–H and O–H groups in total. The van der Waals surface area contributed by atoms with Gasteiger partial charge in [-0.1, -0.05) is 6.08 Å². The SMILES string of the molecule is C=CCSc1cnccn1. The summed E-state index contributed by atoms with van der Waals surface area (Å²) in [6, 6.07) is 0. The molecule has 0 fully saturated rings. The fourth-order valence-electron chi connectivity index (χ4n) is 0.504. The Hall–Kier alpha value is -0.830. The molecule has 0 unspecified atom stereocenters. The highest BCUT2D eigenvalue weighted by atomic mass is 32.2. The maximum atomic E-state index is 4.07. The molecule has 0 aliphatic heterocycles. The van der Waals surface area contributed by atoms with Gasteiger partial charge in [-0.3, -0.25) is 4.98 Å². The standard InChI is InChI=1S/C7H8N2S/c1-2-5-10-7-6-8-3-4-9-7/h2-4,6H,1,5H2. The van der Waals surface area contributed by atoms with Crippen LogP contribution < -0.4 is 0 Å². The maximum absolute atomic E-state index is 4.07. The molecular weight excluding hydrogens is 144 g/mol. The molecule has 0 atom stereocenters. The Morgan fingerprint density at radius 2 is 2.50 bits per heavy atom. The fourth-order valence-corrected chi connectivity index (χ4v) is 1.06. The third-order valence-electron chi connectivity index (χ3n) is 0.889. The van der Waals surface area contributed by atoms with Crippen LogP contribution in [0, 0.1) is 0 Å². The van der Waals surface area contributed by atoms with Crippen molar-refractivity contribution in [3.8, 4) is 0 Å². The number of rotatable bonds is 3. The zero-order chi connectivity index (χ0) is 7.23. The fraction of sp³-hybridized carbons (Fsp3) is 0.143. The van der Waals surface area contributed by atoms with E-state index in [1.807, 2.05) is 6.08 Å². The second-order valence-electron chi connectivity index (χ2n) is 1.64. The first-order chi connectivity index (χ1) is 4.93. The Balaban J connectivity index is 2.50. The minimum atomic E-state index is 0.888. The summed E-state index contributed by atoms with van der Waals surface area (Å²) in [5.74, 6) is 0.888. The highest BCUT2D eigenvalue weighted by Crippen LogP contribution is 2.11. The second kappa shape index (κ2) is 4.06. The van der Waals surface area contributed by atoms with Crippen molar-refractivity contribution in [3.63, 3.8) is 0 Å². The molecule has 0 bridgehead atoms. The first-order valence-corrected chi connectivity index (χ1v) is 3.92. The molecular formula is C7H8N2S. The highest BCUT2D eigenvalue weighted by molar-refractivity contribution is 7.99. The largest absolute Gasteiger partial charge is 0.260 e. The summed E-state index contributed by atoms with van der Waals surface area (Å²) in [6.07, 6.45) is 6.94. The van der Waals surface area contributed by atoms with E-state index in [-0.39, 0.29) is 0 Å². The van der Waals surface area contributed by atoms with Crippen molar-refractivity contribution in [3.05, 3.63) is 31.2 Å². The van der Waals surface area contributed by atoms with Gasteiger partial charge >= 0.3 is 0 Å². The average Bonchev–Trinajstić information content (AvgIpc) is 2.03. The molecule has 0 amide bonds. The van der Waals surface area contributed by atoms with Gasteiger partial charge in [-0.15, -0.1) is 18.3 Å². The average molecular weight is 152 g/mol. The number of hydrogen-bond acceptors (Lipinski definition) is 3. The molecule has 2 nitrogen and oxygen atoms in total. The van der Waals surface area contributed by atoms with Gasteiger partial charge in [0.05, 0.1) is 6.20 Å². The van der Waals surface area contributed by atoms with E-state index in [0.717, 1.165) is 10.8 Å². The molecule has 1 aromatic heterocycles. The first kappa shape index (κ1) is 7.28. The number of aromatic nitrogens is 2. The number of nitrogens with zero attached hydrogens (tertiary/aromatic N) is 2. The van der Waals surface area contributed by atoms with Crippen LogP contribution in [0.1, 0.15) is 0 Å². The molecule has 0 saturated heterocycles.